The summed E-state index contributed by atoms with van der Waals surface area (Å²) in [5, 5.41) is 0. The molecule has 2 heterocycles. The Morgan fingerprint density at radius 1 is 1.06 bits per heavy atom. The molecule has 0 radical (unpaired) electrons. The summed E-state index contributed by atoms with van der Waals surface area (Å²) in [6, 6.07) is 16.6. The van der Waals surface area contributed by atoms with Crippen molar-refractivity contribution in [2.75, 3.05) is 33.4 Å². The highest BCUT2D eigenvalue weighted by molar-refractivity contribution is 5.85. The van der Waals surface area contributed by atoms with Crippen molar-refractivity contribution in [3.8, 4) is 11.1 Å². The van der Waals surface area contributed by atoms with Crippen molar-refractivity contribution >= 4 is 18.3 Å². The van der Waals surface area contributed by atoms with Gasteiger partial charge in [-0.25, -0.2) is 0 Å². The molecule has 0 saturated carbocycles. The lowest BCUT2D eigenvalue weighted by molar-refractivity contribution is -0.132. The van der Waals surface area contributed by atoms with Gasteiger partial charge in [-0.1, -0.05) is 42.5 Å². The fourth-order valence-electron chi connectivity index (χ4n) is 4.93. The van der Waals surface area contributed by atoms with Gasteiger partial charge in [0.25, 0.3) is 0 Å². The van der Waals surface area contributed by atoms with E-state index in [0.717, 1.165) is 38.4 Å². The molecule has 2 aliphatic rings. The number of nitrogens with zero attached hydrogens (tertiary/aromatic N) is 2. The van der Waals surface area contributed by atoms with E-state index < -0.39 is 0 Å². The Morgan fingerprint density at radius 2 is 1.84 bits per heavy atom. The molecule has 1 amide bonds. The number of amides is 1. The first-order valence-corrected chi connectivity index (χ1v) is 11.9. The predicted octanol–water partition coefficient (Wildman–Crippen LogP) is 5.11. The summed E-state index contributed by atoms with van der Waals surface area (Å²) in [5.74, 6) is 0.241. The minimum atomic E-state index is 0. The number of hydrogen-bond acceptors (Lipinski definition) is 3. The van der Waals surface area contributed by atoms with E-state index in [-0.39, 0.29) is 18.3 Å². The first-order valence-electron chi connectivity index (χ1n) is 11.9. The monoisotopic (exact) mass is 456 g/mol. The molecule has 0 spiro atoms. The number of benzene rings is 2. The van der Waals surface area contributed by atoms with Gasteiger partial charge in [-0.05, 0) is 73.4 Å². The standard InChI is InChI=1S/C27H36N2O2.ClH/c1-21-5-3-15-28(21)16-13-22-7-9-23(10-8-22)24-11-12-26-20-29(17-14-25(26)19-24)27(30)6-4-18-31-2;/h7-12,19,21H,3-6,13-18,20H2,1-2H3;1H. The highest BCUT2D eigenvalue weighted by atomic mass is 35.5. The van der Waals surface area contributed by atoms with Gasteiger partial charge in [0.1, 0.15) is 0 Å². The summed E-state index contributed by atoms with van der Waals surface area (Å²) in [5.41, 5.74) is 6.64. The van der Waals surface area contributed by atoms with Crippen LogP contribution < -0.4 is 0 Å². The highest BCUT2D eigenvalue weighted by Gasteiger charge is 2.21. The van der Waals surface area contributed by atoms with Gasteiger partial charge in [0, 0.05) is 45.8 Å². The maximum atomic E-state index is 12.4. The van der Waals surface area contributed by atoms with Crippen molar-refractivity contribution in [3.63, 3.8) is 0 Å². The van der Waals surface area contributed by atoms with E-state index in [4.69, 9.17) is 4.74 Å². The van der Waals surface area contributed by atoms with Crippen molar-refractivity contribution < 1.29 is 9.53 Å². The molecule has 0 bridgehead atoms. The number of halogens is 1. The number of fused-ring (bicyclic) bond motifs is 1. The molecule has 2 aromatic carbocycles. The van der Waals surface area contributed by atoms with Crippen LogP contribution in [0, 0.1) is 0 Å². The zero-order valence-electron chi connectivity index (χ0n) is 19.5. The molecular weight excluding hydrogens is 420 g/mol. The van der Waals surface area contributed by atoms with Crippen LogP contribution in [0.1, 0.15) is 49.3 Å². The van der Waals surface area contributed by atoms with Gasteiger partial charge in [-0.15, -0.1) is 12.4 Å². The van der Waals surface area contributed by atoms with Gasteiger partial charge in [-0.3, -0.25) is 4.79 Å². The molecule has 0 aromatic heterocycles. The molecule has 2 aromatic rings. The Morgan fingerprint density at radius 3 is 2.56 bits per heavy atom. The van der Waals surface area contributed by atoms with Crippen molar-refractivity contribution in [2.24, 2.45) is 0 Å². The maximum absolute atomic E-state index is 12.4. The molecule has 2 aliphatic heterocycles. The van der Waals surface area contributed by atoms with Crippen LogP contribution >= 0.6 is 12.4 Å². The Kier molecular flexibility index (Phi) is 9.15. The van der Waals surface area contributed by atoms with E-state index in [9.17, 15) is 4.79 Å². The minimum Gasteiger partial charge on any atom is -0.385 e. The summed E-state index contributed by atoms with van der Waals surface area (Å²) < 4.78 is 5.07. The molecule has 32 heavy (non-hydrogen) atoms. The Bertz CT molecular complexity index is 884. The predicted molar refractivity (Wildman–Crippen MR) is 133 cm³/mol. The topological polar surface area (TPSA) is 32.8 Å². The van der Waals surface area contributed by atoms with Crippen LogP contribution in [0.5, 0.6) is 0 Å². The molecule has 1 unspecified atom stereocenters. The number of hydrogen-bond donors (Lipinski definition) is 0. The van der Waals surface area contributed by atoms with Gasteiger partial charge in [0.05, 0.1) is 0 Å². The molecule has 1 fully saturated rings. The van der Waals surface area contributed by atoms with Gasteiger partial charge in [0.2, 0.25) is 5.91 Å². The minimum absolute atomic E-state index is 0. The molecule has 0 N–H and O–H groups in total. The second-order valence-electron chi connectivity index (χ2n) is 9.12. The summed E-state index contributed by atoms with van der Waals surface area (Å²) in [6.45, 7) is 6.97. The third kappa shape index (κ3) is 6.12. The van der Waals surface area contributed by atoms with Crippen LogP contribution in [0.4, 0.5) is 0 Å². The van der Waals surface area contributed by atoms with Crippen LogP contribution in [0.3, 0.4) is 0 Å². The van der Waals surface area contributed by atoms with Crippen molar-refractivity contribution in [3.05, 3.63) is 59.2 Å². The van der Waals surface area contributed by atoms with Gasteiger partial charge >= 0.3 is 0 Å². The SMILES string of the molecule is COCCCC(=O)N1CCc2cc(-c3ccc(CCN4CCCC4C)cc3)ccc2C1.Cl. The van der Waals surface area contributed by atoms with Gasteiger partial charge in [0.15, 0.2) is 0 Å². The maximum Gasteiger partial charge on any atom is 0.222 e. The fraction of sp³-hybridized carbons (Fsp3) is 0.519. The molecule has 4 nitrogen and oxygen atoms in total. The van der Waals surface area contributed by atoms with Crippen molar-refractivity contribution in [1.82, 2.24) is 9.80 Å². The zero-order valence-corrected chi connectivity index (χ0v) is 20.3. The lowest BCUT2D eigenvalue weighted by Crippen LogP contribution is -2.35. The molecule has 174 valence electrons. The van der Waals surface area contributed by atoms with Crippen LogP contribution in [-0.2, 0) is 28.9 Å². The molecular formula is C27H37ClN2O2. The summed E-state index contributed by atoms with van der Waals surface area (Å²) in [4.78, 5) is 17.0. The van der Waals surface area contributed by atoms with Crippen molar-refractivity contribution in [1.29, 1.82) is 0 Å². The third-order valence-corrected chi connectivity index (χ3v) is 6.98. The summed E-state index contributed by atoms with van der Waals surface area (Å²) in [7, 11) is 1.68. The Labute approximate surface area is 199 Å². The molecule has 1 saturated heterocycles. The zero-order chi connectivity index (χ0) is 21.6. The smallest absolute Gasteiger partial charge is 0.222 e. The van der Waals surface area contributed by atoms with E-state index >= 15 is 0 Å². The molecule has 4 rings (SSSR count). The number of carbonyl (C=O) groups excluding carboxylic acids is 1. The van der Waals surface area contributed by atoms with Gasteiger partial charge in [-0.2, -0.15) is 0 Å². The second-order valence-corrected chi connectivity index (χ2v) is 9.12. The summed E-state index contributed by atoms with van der Waals surface area (Å²) in [6.07, 6.45) is 6.12. The third-order valence-electron chi connectivity index (χ3n) is 6.98. The number of rotatable bonds is 8. The first kappa shape index (κ1) is 24.8. The Hall–Kier alpha value is -1.88. The number of methoxy groups -OCH3 is 1. The van der Waals surface area contributed by atoms with Crippen molar-refractivity contribution in [2.45, 2.75) is 58.0 Å². The molecule has 5 heteroatoms. The van der Waals surface area contributed by atoms with E-state index in [2.05, 4.69) is 54.3 Å². The largest absolute Gasteiger partial charge is 0.385 e. The van der Waals surface area contributed by atoms with E-state index in [1.807, 2.05) is 4.90 Å². The second kappa shape index (κ2) is 11.8. The fourth-order valence-corrected chi connectivity index (χ4v) is 4.93. The lowest BCUT2D eigenvalue weighted by atomic mass is 9.94. The quantitative estimate of drug-likeness (QED) is 0.517. The number of carbonyl (C=O) groups is 1. The number of ether oxygens (including phenoxy) is 1. The van der Waals surface area contributed by atoms with Gasteiger partial charge < -0.3 is 14.5 Å². The number of likely N-dealkylation sites (tertiary alicyclic amines) is 1. The first-order chi connectivity index (χ1) is 15.1. The van der Waals surface area contributed by atoms with E-state index in [1.165, 1.54) is 53.7 Å². The Balaban J connectivity index is 0.00000289. The average molecular weight is 457 g/mol. The molecule has 0 aliphatic carbocycles. The summed E-state index contributed by atoms with van der Waals surface area (Å²) >= 11 is 0. The van der Waals surface area contributed by atoms with Crippen LogP contribution in [-0.4, -0.2) is 55.1 Å². The average Bonchev–Trinajstić information content (AvgIpc) is 3.22. The van der Waals surface area contributed by atoms with E-state index in [0.29, 0.717) is 13.0 Å². The highest BCUT2D eigenvalue weighted by Crippen LogP contribution is 2.27. The normalized spacial score (nSPS) is 18.3. The van der Waals surface area contributed by atoms with E-state index in [1.54, 1.807) is 7.11 Å². The van der Waals surface area contributed by atoms with Crippen LogP contribution in [0.2, 0.25) is 0 Å². The lowest BCUT2D eigenvalue weighted by Gasteiger charge is -2.29. The van der Waals surface area contributed by atoms with Crippen LogP contribution in [0.25, 0.3) is 11.1 Å². The van der Waals surface area contributed by atoms with Crippen LogP contribution in [0.15, 0.2) is 42.5 Å². The molecule has 1 atom stereocenters.